The molecule has 0 amide bonds. The first-order valence-electron chi connectivity index (χ1n) is 12.6. The lowest BCUT2D eigenvalue weighted by molar-refractivity contribution is 0.295. The van der Waals surface area contributed by atoms with E-state index in [1.165, 1.54) is 22.3 Å². The summed E-state index contributed by atoms with van der Waals surface area (Å²) in [5.41, 5.74) is 5.18. The molecule has 4 aromatic carbocycles. The summed E-state index contributed by atoms with van der Waals surface area (Å²) in [7, 11) is 0. The third kappa shape index (κ3) is 4.47. The summed E-state index contributed by atoms with van der Waals surface area (Å²) in [4.78, 5) is 0. The summed E-state index contributed by atoms with van der Waals surface area (Å²) in [6.07, 6.45) is 0. The van der Waals surface area contributed by atoms with Crippen molar-refractivity contribution in [2.75, 3.05) is 0 Å². The fourth-order valence-corrected chi connectivity index (χ4v) is 7.62. The van der Waals surface area contributed by atoms with Gasteiger partial charge in [-0.05, 0) is 33.1 Å². The van der Waals surface area contributed by atoms with E-state index in [0.717, 1.165) is 0 Å². The van der Waals surface area contributed by atoms with E-state index in [4.69, 9.17) is 0 Å². The molecule has 0 nitrogen and oxygen atoms in total. The van der Waals surface area contributed by atoms with Crippen LogP contribution in [0.1, 0.15) is 63.8 Å². The number of hydrogen-bond acceptors (Lipinski definition) is 1. The van der Waals surface area contributed by atoms with Crippen LogP contribution in [-0.4, -0.2) is 0 Å². The Labute approximate surface area is 216 Å². The Bertz CT molecular complexity index is 1020. The molecule has 0 atom stereocenters. The number of rotatable bonds is 6. The normalized spacial score (nSPS) is 13.0. The van der Waals surface area contributed by atoms with Crippen LogP contribution < -0.4 is 0 Å². The molecule has 0 aromatic heterocycles. The SMILES string of the molecule is CC(C)(C)C(SC(c1ccccc1)(c1ccccc1)C(C)(C)C)(c1ccccc1)c1ccccc1. The van der Waals surface area contributed by atoms with E-state index in [2.05, 4.69) is 175 Å². The molecule has 0 saturated heterocycles. The molecule has 0 aliphatic heterocycles. The van der Waals surface area contributed by atoms with Crippen LogP contribution in [0.15, 0.2) is 121 Å². The summed E-state index contributed by atoms with van der Waals surface area (Å²) in [6, 6.07) is 44.5. The highest BCUT2D eigenvalue weighted by molar-refractivity contribution is 8.01. The molecule has 4 aromatic rings. The molecule has 0 unspecified atom stereocenters. The predicted molar refractivity (Wildman–Crippen MR) is 154 cm³/mol. The lowest BCUT2D eigenvalue weighted by atomic mass is 9.70. The van der Waals surface area contributed by atoms with E-state index in [0.29, 0.717) is 0 Å². The van der Waals surface area contributed by atoms with Crippen LogP contribution in [0.25, 0.3) is 0 Å². The highest BCUT2D eigenvalue weighted by atomic mass is 32.2. The Kier molecular flexibility index (Phi) is 7.02. The Morgan fingerprint density at radius 3 is 0.714 bits per heavy atom. The molecule has 0 fully saturated rings. The van der Waals surface area contributed by atoms with Gasteiger partial charge in [-0.25, -0.2) is 0 Å². The van der Waals surface area contributed by atoms with Crippen LogP contribution in [-0.2, 0) is 9.49 Å². The Morgan fingerprint density at radius 2 is 0.543 bits per heavy atom. The summed E-state index contributed by atoms with van der Waals surface area (Å²) < 4.78 is -0.622. The zero-order valence-corrected chi connectivity index (χ0v) is 22.8. The molecule has 0 saturated carbocycles. The highest BCUT2D eigenvalue weighted by Crippen LogP contribution is 2.66. The summed E-state index contributed by atoms with van der Waals surface area (Å²) in [6.45, 7) is 14.4. The number of hydrogen-bond donors (Lipinski definition) is 0. The summed E-state index contributed by atoms with van der Waals surface area (Å²) in [5, 5.41) is 0. The highest BCUT2D eigenvalue weighted by Gasteiger charge is 2.56. The van der Waals surface area contributed by atoms with Gasteiger partial charge in [-0.3, -0.25) is 0 Å². The van der Waals surface area contributed by atoms with E-state index in [9.17, 15) is 0 Å². The Hall–Kier alpha value is -2.77. The maximum absolute atomic E-state index is 2.39. The zero-order valence-electron chi connectivity index (χ0n) is 22.0. The van der Waals surface area contributed by atoms with Crippen LogP contribution in [0.2, 0.25) is 0 Å². The average molecular weight is 479 g/mol. The second kappa shape index (κ2) is 9.70. The standard InChI is InChI=1S/C34H38S/c1-31(2,3)33(27-19-11-7-12-20-27,28-21-13-8-14-22-28)35-34(32(4,5)6,29-23-15-9-16-24-29)30-25-17-10-18-26-30/h7-26H,1-6H3. The van der Waals surface area contributed by atoms with Gasteiger partial charge in [0.2, 0.25) is 0 Å². The third-order valence-corrected chi connectivity index (χ3v) is 9.92. The lowest BCUT2D eigenvalue weighted by Crippen LogP contribution is -2.47. The van der Waals surface area contributed by atoms with Crippen molar-refractivity contribution in [2.24, 2.45) is 10.8 Å². The number of benzene rings is 4. The van der Waals surface area contributed by atoms with Crippen molar-refractivity contribution in [3.8, 4) is 0 Å². The van der Waals surface area contributed by atoms with Gasteiger partial charge >= 0.3 is 0 Å². The van der Waals surface area contributed by atoms with Gasteiger partial charge in [0.15, 0.2) is 0 Å². The fourth-order valence-electron chi connectivity index (χ4n) is 5.53. The largest absolute Gasteiger partial charge is 0.128 e. The van der Waals surface area contributed by atoms with Gasteiger partial charge in [-0.2, -0.15) is 0 Å². The van der Waals surface area contributed by atoms with Crippen molar-refractivity contribution < 1.29 is 0 Å². The van der Waals surface area contributed by atoms with Crippen molar-refractivity contribution in [3.63, 3.8) is 0 Å². The van der Waals surface area contributed by atoms with Gasteiger partial charge in [0.1, 0.15) is 0 Å². The lowest BCUT2D eigenvalue weighted by Gasteiger charge is -2.55. The maximum atomic E-state index is 2.39. The van der Waals surface area contributed by atoms with Crippen molar-refractivity contribution in [2.45, 2.75) is 51.0 Å². The summed E-state index contributed by atoms with van der Waals surface area (Å²) in [5.74, 6) is 0. The molecule has 0 N–H and O–H groups in total. The molecular formula is C34H38S. The van der Waals surface area contributed by atoms with Gasteiger partial charge < -0.3 is 0 Å². The first-order valence-corrected chi connectivity index (χ1v) is 13.4. The second-order valence-corrected chi connectivity index (χ2v) is 12.9. The molecular weight excluding hydrogens is 440 g/mol. The summed E-state index contributed by atoms with van der Waals surface area (Å²) >= 11 is 2.11. The van der Waals surface area contributed by atoms with Gasteiger partial charge in [-0.1, -0.05) is 163 Å². The van der Waals surface area contributed by atoms with Crippen LogP contribution in [0.5, 0.6) is 0 Å². The Balaban J connectivity index is 2.15. The van der Waals surface area contributed by atoms with Crippen molar-refractivity contribution >= 4 is 11.8 Å². The van der Waals surface area contributed by atoms with E-state index in [1.807, 2.05) is 0 Å². The first kappa shape index (κ1) is 25.3. The average Bonchev–Trinajstić information content (AvgIpc) is 2.85. The second-order valence-electron chi connectivity index (χ2n) is 11.4. The maximum Gasteiger partial charge on any atom is 0.0717 e. The van der Waals surface area contributed by atoms with E-state index < -0.39 is 0 Å². The minimum absolute atomic E-state index is 0.0829. The Morgan fingerprint density at radius 1 is 0.343 bits per heavy atom. The zero-order chi connectivity index (χ0) is 25.2. The van der Waals surface area contributed by atoms with E-state index in [-0.39, 0.29) is 20.3 Å². The van der Waals surface area contributed by atoms with Crippen LogP contribution in [0.4, 0.5) is 0 Å². The van der Waals surface area contributed by atoms with E-state index >= 15 is 0 Å². The van der Waals surface area contributed by atoms with Gasteiger partial charge in [0.05, 0.1) is 9.49 Å². The monoisotopic (exact) mass is 478 g/mol. The molecule has 0 heterocycles. The molecule has 0 aliphatic rings. The topological polar surface area (TPSA) is 0 Å². The van der Waals surface area contributed by atoms with E-state index in [1.54, 1.807) is 0 Å². The van der Waals surface area contributed by atoms with Crippen molar-refractivity contribution in [1.82, 2.24) is 0 Å². The third-order valence-electron chi connectivity index (χ3n) is 7.14. The molecule has 0 radical (unpaired) electrons. The van der Waals surface area contributed by atoms with Crippen LogP contribution in [0.3, 0.4) is 0 Å². The van der Waals surface area contributed by atoms with Gasteiger partial charge in [0.25, 0.3) is 0 Å². The van der Waals surface area contributed by atoms with Crippen molar-refractivity contribution in [3.05, 3.63) is 144 Å². The minimum atomic E-state index is -0.311. The fraction of sp³-hybridized carbons (Fsp3) is 0.294. The van der Waals surface area contributed by atoms with Crippen LogP contribution in [0, 0.1) is 10.8 Å². The molecule has 0 bridgehead atoms. The molecule has 1 heteroatoms. The molecule has 35 heavy (non-hydrogen) atoms. The molecule has 4 rings (SSSR count). The first-order chi connectivity index (χ1) is 16.6. The van der Waals surface area contributed by atoms with Crippen LogP contribution >= 0.6 is 11.8 Å². The molecule has 0 spiro atoms. The molecule has 180 valence electrons. The predicted octanol–water partition coefficient (Wildman–Crippen LogP) is 9.70. The van der Waals surface area contributed by atoms with Gasteiger partial charge in [0, 0.05) is 0 Å². The van der Waals surface area contributed by atoms with Gasteiger partial charge in [-0.15, -0.1) is 11.8 Å². The smallest absolute Gasteiger partial charge is 0.0717 e. The number of thioether (sulfide) groups is 1. The quantitative estimate of drug-likeness (QED) is 0.266. The van der Waals surface area contributed by atoms with Crippen molar-refractivity contribution in [1.29, 1.82) is 0 Å². The molecule has 0 aliphatic carbocycles. The minimum Gasteiger partial charge on any atom is -0.128 e.